The van der Waals surface area contributed by atoms with Crippen LogP contribution in [0.3, 0.4) is 0 Å². The predicted octanol–water partition coefficient (Wildman–Crippen LogP) is 2.39. The number of pyridine rings is 1. The molecule has 11 heavy (non-hydrogen) atoms. The van der Waals surface area contributed by atoms with E-state index in [9.17, 15) is 0 Å². The van der Waals surface area contributed by atoms with Crippen LogP contribution in [-0.4, -0.2) is 4.98 Å². The Morgan fingerprint density at radius 3 is 3.27 bits per heavy atom. The van der Waals surface area contributed by atoms with Crippen molar-refractivity contribution in [1.29, 1.82) is 0 Å². The fraction of sp³-hybridized carbons (Fsp3) is 0.222. The average molecular weight is 147 g/mol. The molecule has 0 bridgehead atoms. The van der Waals surface area contributed by atoms with Gasteiger partial charge in [0.2, 0.25) is 0 Å². The molecular formula is C9H9NO. The van der Waals surface area contributed by atoms with Gasteiger partial charge >= 0.3 is 0 Å². The Morgan fingerprint density at radius 1 is 1.55 bits per heavy atom. The molecule has 0 aliphatic heterocycles. The van der Waals surface area contributed by atoms with Gasteiger partial charge in [0.1, 0.15) is 17.5 Å². The Hall–Kier alpha value is -1.31. The average Bonchev–Trinajstić information content (AvgIpc) is 2.47. The van der Waals surface area contributed by atoms with Gasteiger partial charge in [0.15, 0.2) is 0 Å². The number of aromatic nitrogens is 1. The van der Waals surface area contributed by atoms with Crippen LogP contribution in [0.5, 0.6) is 0 Å². The lowest BCUT2D eigenvalue weighted by Gasteiger charge is -1.88. The SMILES string of the molecule is CCc1occ2cccnc12. The van der Waals surface area contributed by atoms with Gasteiger partial charge in [-0.3, -0.25) is 4.98 Å². The quantitative estimate of drug-likeness (QED) is 0.619. The number of rotatable bonds is 1. The summed E-state index contributed by atoms with van der Waals surface area (Å²) in [7, 11) is 0. The standard InChI is InChI=1S/C9H9NO/c1-2-8-9-7(6-11-8)4-3-5-10-9/h3-6H,2H2,1H3. The first kappa shape index (κ1) is 6.40. The molecule has 0 aliphatic rings. The summed E-state index contributed by atoms with van der Waals surface area (Å²) in [5.41, 5.74) is 0.995. The highest BCUT2D eigenvalue weighted by atomic mass is 16.3. The van der Waals surface area contributed by atoms with E-state index in [1.807, 2.05) is 12.1 Å². The zero-order valence-electron chi connectivity index (χ0n) is 6.37. The second kappa shape index (κ2) is 2.38. The van der Waals surface area contributed by atoms with Gasteiger partial charge in [-0.1, -0.05) is 6.92 Å². The summed E-state index contributed by atoms with van der Waals surface area (Å²) in [6.07, 6.45) is 4.44. The Labute approximate surface area is 64.9 Å². The van der Waals surface area contributed by atoms with Gasteiger partial charge in [0.05, 0.1) is 0 Å². The molecule has 2 rings (SSSR count). The van der Waals surface area contributed by atoms with Gasteiger partial charge in [0, 0.05) is 18.0 Å². The van der Waals surface area contributed by atoms with Crippen molar-refractivity contribution in [2.45, 2.75) is 13.3 Å². The minimum Gasteiger partial charge on any atom is -0.466 e. The second-order valence-electron chi connectivity index (χ2n) is 2.45. The zero-order chi connectivity index (χ0) is 7.68. The van der Waals surface area contributed by atoms with Gasteiger partial charge in [-0.15, -0.1) is 0 Å². The minimum absolute atomic E-state index is 0.903. The van der Waals surface area contributed by atoms with Crippen molar-refractivity contribution in [2.24, 2.45) is 0 Å². The second-order valence-corrected chi connectivity index (χ2v) is 2.45. The van der Waals surface area contributed by atoms with Gasteiger partial charge in [-0.05, 0) is 12.1 Å². The fourth-order valence-electron chi connectivity index (χ4n) is 1.19. The highest BCUT2D eigenvalue weighted by Gasteiger charge is 2.02. The monoisotopic (exact) mass is 147 g/mol. The van der Waals surface area contributed by atoms with E-state index in [-0.39, 0.29) is 0 Å². The molecule has 2 heteroatoms. The summed E-state index contributed by atoms with van der Waals surface area (Å²) in [4.78, 5) is 4.22. The molecule has 0 atom stereocenters. The van der Waals surface area contributed by atoms with Crippen LogP contribution in [0.2, 0.25) is 0 Å². The Morgan fingerprint density at radius 2 is 2.45 bits per heavy atom. The topological polar surface area (TPSA) is 26.0 Å². The summed E-state index contributed by atoms with van der Waals surface area (Å²) in [6, 6.07) is 3.92. The first-order chi connectivity index (χ1) is 5.42. The van der Waals surface area contributed by atoms with E-state index in [1.54, 1.807) is 12.5 Å². The van der Waals surface area contributed by atoms with Crippen LogP contribution in [0.25, 0.3) is 10.9 Å². The lowest BCUT2D eigenvalue weighted by Crippen LogP contribution is -1.77. The number of nitrogens with zero attached hydrogens (tertiary/aromatic N) is 1. The van der Waals surface area contributed by atoms with E-state index in [0.717, 1.165) is 23.1 Å². The third-order valence-electron chi connectivity index (χ3n) is 1.75. The van der Waals surface area contributed by atoms with Crippen molar-refractivity contribution >= 4 is 10.9 Å². The molecular weight excluding hydrogens is 138 g/mol. The molecule has 2 nitrogen and oxygen atoms in total. The normalized spacial score (nSPS) is 10.6. The number of furan rings is 1. The molecule has 2 aromatic heterocycles. The van der Waals surface area contributed by atoms with Crippen molar-refractivity contribution in [2.75, 3.05) is 0 Å². The van der Waals surface area contributed by atoms with Gasteiger partial charge in [-0.25, -0.2) is 0 Å². The Balaban J connectivity index is 2.76. The maximum absolute atomic E-state index is 5.30. The van der Waals surface area contributed by atoms with Crippen molar-refractivity contribution in [3.8, 4) is 0 Å². The number of fused-ring (bicyclic) bond motifs is 1. The Kier molecular flexibility index (Phi) is 1.39. The van der Waals surface area contributed by atoms with E-state index in [1.165, 1.54) is 0 Å². The van der Waals surface area contributed by atoms with Crippen LogP contribution < -0.4 is 0 Å². The highest BCUT2D eigenvalue weighted by molar-refractivity contribution is 5.79. The molecule has 0 saturated carbocycles. The number of aryl methyl sites for hydroxylation is 1. The smallest absolute Gasteiger partial charge is 0.129 e. The molecule has 0 radical (unpaired) electrons. The van der Waals surface area contributed by atoms with E-state index >= 15 is 0 Å². The zero-order valence-corrected chi connectivity index (χ0v) is 6.37. The molecule has 0 fully saturated rings. The molecule has 56 valence electrons. The third-order valence-corrected chi connectivity index (χ3v) is 1.75. The van der Waals surface area contributed by atoms with Crippen LogP contribution in [0.4, 0.5) is 0 Å². The fourth-order valence-corrected chi connectivity index (χ4v) is 1.19. The third kappa shape index (κ3) is 0.909. The van der Waals surface area contributed by atoms with Crippen LogP contribution in [0.15, 0.2) is 29.0 Å². The first-order valence-corrected chi connectivity index (χ1v) is 3.73. The molecule has 0 unspecified atom stereocenters. The van der Waals surface area contributed by atoms with E-state index < -0.39 is 0 Å². The van der Waals surface area contributed by atoms with Crippen LogP contribution in [0.1, 0.15) is 12.7 Å². The minimum atomic E-state index is 0.903. The lowest BCUT2D eigenvalue weighted by atomic mass is 10.2. The molecule has 0 spiro atoms. The molecule has 0 N–H and O–H groups in total. The summed E-state index contributed by atoms with van der Waals surface area (Å²) in [5, 5.41) is 1.09. The molecule has 2 aromatic rings. The summed E-state index contributed by atoms with van der Waals surface area (Å²) >= 11 is 0. The van der Waals surface area contributed by atoms with Crippen LogP contribution >= 0.6 is 0 Å². The molecule has 0 amide bonds. The predicted molar refractivity (Wildman–Crippen MR) is 43.4 cm³/mol. The Bertz CT molecular complexity index is 364. The van der Waals surface area contributed by atoms with Gasteiger partial charge in [-0.2, -0.15) is 0 Å². The van der Waals surface area contributed by atoms with Crippen molar-refractivity contribution < 1.29 is 4.42 Å². The van der Waals surface area contributed by atoms with Crippen molar-refractivity contribution in [3.05, 3.63) is 30.4 Å². The van der Waals surface area contributed by atoms with Crippen LogP contribution in [0, 0.1) is 0 Å². The largest absolute Gasteiger partial charge is 0.466 e. The van der Waals surface area contributed by atoms with Crippen molar-refractivity contribution in [3.63, 3.8) is 0 Å². The molecule has 0 saturated heterocycles. The molecule has 0 aliphatic carbocycles. The lowest BCUT2D eigenvalue weighted by molar-refractivity contribution is 0.521. The van der Waals surface area contributed by atoms with E-state index in [0.29, 0.717) is 0 Å². The van der Waals surface area contributed by atoms with Crippen LogP contribution in [-0.2, 0) is 6.42 Å². The van der Waals surface area contributed by atoms with Gasteiger partial charge < -0.3 is 4.42 Å². The highest BCUT2D eigenvalue weighted by Crippen LogP contribution is 2.17. The summed E-state index contributed by atoms with van der Waals surface area (Å²) < 4.78 is 5.30. The number of hydrogen-bond donors (Lipinski definition) is 0. The summed E-state index contributed by atoms with van der Waals surface area (Å²) in [6.45, 7) is 2.06. The maximum Gasteiger partial charge on any atom is 0.129 e. The van der Waals surface area contributed by atoms with E-state index in [4.69, 9.17) is 4.42 Å². The molecule has 2 heterocycles. The van der Waals surface area contributed by atoms with Gasteiger partial charge in [0.25, 0.3) is 0 Å². The number of hydrogen-bond acceptors (Lipinski definition) is 2. The molecule has 0 aromatic carbocycles. The first-order valence-electron chi connectivity index (χ1n) is 3.73. The van der Waals surface area contributed by atoms with E-state index in [2.05, 4.69) is 11.9 Å². The van der Waals surface area contributed by atoms with Crippen molar-refractivity contribution in [1.82, 2.24) is 4.98 Å². The maximum atomic E-state index is 5.30. The summed E-state index contributed by atoms with van der Waals surface area (Å²) in [5.74, 6) is 0.973.